The van der Waals surface area contributed by atoms with Gasteiger partial charge in [0.25, 0.3) is 0 Å². The van der Waals surface area contributed by atoms with E-state index in [0.29, 0.717) is 11.2 Å². The first-order valence-corrected chi connectivity index (χ1v) is 6.22. The van der Waals surface area contributed by atoms with E-state index in [2.05, 4.69) is 22.2 Å². The molecule has 1 fully saturated rings. The van der Waals surface area contributed by atoms with Crippen LogP contribution in [-0.4, -0.2) is 24.5 Å². The molecule has 17 heavy (non-hydrogen) atoms. The molecule has 0 atom stereocenters. The molecule has 0 aromatic carbocycles. The number of halogens is 1. The van der Waals surface area contributed by atoms with Gasteiger partial charge in [0.1, 0.15) is 5.82 Å². The number of nitrogens with zero attached hydrogens (tertiary/aromatic N) is 5. The van der Waals surface area contributed by atoms with Crippen molar-refractivity contribution in [3.05, 3.63) is 23.0 Å². The van der Waals surface area contributed by atoms with Crippen LogP contribution in [0.1, 0.15) is 37.2 Å². The van der Waals surface area contributed by atoms with Crippen LogP contribution in [0.2, 0.25) is 5.28 Å². The van der Waals surface area contributed by atoms with Gasteiger partial charge in [-0.2, -0.15) is 5.10 Å². The van der Waals surface area contributed by atoms with E-state index in [1.165, 1.54) is 12.8 Å². The number of aryl methyl sites for hydroxylation is 2. The summed E-state index contributed by atoms with van der Waals surface area (Å²) >= 11 is 6.14. The molecule has 0 saturated heterocycles. The highest BCUT2D eigenvalue weighted by Crippen LogP contribution is 2.40. The van der Waals surface area contributed by atoms with Crippen LogP contribution < -0.4 is 0 Å². The first-order valence-electron chi connectivity index (χ1n) is 5.84. The van der Waals surface area contributed by atoms with Gasteiger partial charge in [0.05, 0.1) is 11.4 Å². The highest BCUT2D eigenvalue weighted by Gasteiger charge is 2.31. The molecule has 2 heterocycles. The summed E-state index contributed by atoms with van der Waals surface area (Å²) < 4.78 is 3.74. The average Bonchev–Trinajstić information content (AvgIpc) is 2.98. The molecular formula is C11H14ClN5. The fourth-order valence-corrected chi connectivity index (χ4v) is 2.28. The van der Waals surface area contributed by atoms with Gasteiger partial charge in [0, 0.05) is 19.2 Å². The van der Waals surface area contributed by atoms with Crippen molar-refractivity contribution < 1.29 is 0 Å². The van der Waals surface area contributed by atoms with Crippen LogP contribution in [0.4, 0.5) is 0 Å². The second-order valence-corrected chi connectivity index (χ2v) is 4.76. The molecule has 0 bridgehead atoms. The van der Waals surface area contributed by atoms with Gasteiger partial charge in [0.2, 0.25) is 5.28 Å². The minimum Gasteiger partial charge on any atom is -0.273 e. The van der Waals surface area contributed by atoms with Gasteiger partial charge < -0.3 is 0 Å². The summed E-state index contributed by atoms with van der Waals surface area (Å²) in [5.74, 6) is 1.48. The van der Waals surface area contributed by atoms with Crippen molar-refractivity contribution >= 4 is 11.6 Å². The van der Waals surface area contributed by atoms with Crippen LogP contribution in [0.5, 0.6) is 0 Å². The lowest BCUT2D eigenvalue weighted by atomic mass is 10.3. The van der Waals surface area contributed by atoms with Gasteiger partial charge in [-0.1, -0.05) is 6.92 Å². The van der Waals surface area contributed by atoms with E-state index >= 15 is 0 Å². The number of hydrogen-bond acceptors (Lipinski definition) is 3. The third-order valence-electron chi connectivity index (χ3n) is 3.05. The van der Waals surface area contributed by atoms with Gasteiger partial charge in [-0.25, -0.2) is 0 Å². The molecule has 1 aliphatic rings. The fraction of sp³-hybridized carbons (Fsp3) is 0.545. The predicted octanol–water partition coefficient (Wildman–Crippen LogP) is 2.09. The van der Waals surface area contributed by atoms with E-state index in [1.807, 2.05) is 17.8 Å². The van der Waals surface area contributed by atoms with Crippen molar-refractivity contribution in [1.29, 1.82) is 0 Å². The fourth-order valence-electron chi connectivity index (χ4n) is 2.07. The average molecular weight is 252 g/mol. The molecule has 6 heteroatoms. The monoisotopic (exact) mass is 251 g/mol. The summed E-state index contributed by atoms with van der Waals surface area (Å²) in [4.78, 5) is 0. The smallest absolute Gasteiger partial charge is 0.229 e. The van der Waals surface area contributed by atoms with Crippen LogP contribution in [0.3, 0.4) is 0 Å². The summed E-state index contributed by atoms with van der Waals surface area (Å²) in [6.07, 6.45) is 5.20. The third-order valence-corrected chi connectivity index (χ3v) is 3.29. The summed E-state index contributed by atoms with van der Waals surface area (Å²) in [5.41, 5.74) is 2.03. The molecule has 0 spiro atoms. The van der Waals surface area contributed by atoms with Crippen molar-refractivity contribution in [2.45, 2.75) is 32.1 Å². The first kappa shape index (κ1) is 10.8. The number of aromatic nitrogens is 5. The zero-order valence-electron chi connectivity index (χ0n) is 9.89. The molecule has 5 nitrogen and oxygen atoms in total. The second kappa shape index (κ2) is 3.84. The number of rotatable bonds is 3. The Bertz CT molecular complexity index is 552. The molecule has 1 saturated carbocycles. The van der Waals surface area contributed by atoms with Crippen LogP contribution in [-0.2, 0) is 13.5 Å². The van der Waals surface area contributed by atoms with Gasteiger partial charge in [0.15, 0.2) is 0 Å². The summed E-state index contributed by atoms with van der Waals surface area (Å²) in [5, 5.41) is 13.0. The first-order chi connectivity index (χ1) is 8.20. The number of hydrogen-bond donors (Lipinski definition) is 0. The zero-order valence-corrected chi connectivity index (χ0v) is 10.6. The summed E-state index contributed by atoms with van der Waals surface area (Å²) in [6.45, 7) is 2.08. The lowest BCUT2D eigenvalue weighted by molar-refractivity contribution is 0.746. The molecule has 0 radical (unpaired) electrons. The van der Waals surface area contributed by atoms with Crippen LogP contribution in [0.15, 0.2) is 6.20 Å². The Balaban J connectivity index is 2.16. The van der Waals surface area contributed by atoms with Crippen molar-refractivity contribution in [3.63, 3.8) is 0 Å². The molecule has 0 aliphatic heterocycles. The Labute approximate surface area is 104 Å². The van der Waals surface area contributed by atoms with Gasteiger partial charge in [-0.05, 0) is 30.9 Å². The van der Waals surface area contributed by atoms with Crippen molar-refractivity contribution in [2.24, 2.45) is 7.05 Å². The molecule has 2 aromatic rings. The topological polar surface area (TPSA) is 48.5 Å². The highest BCUT2D eigenvalue weighted by atomic mass is 35.5. The van der Waals surface area contributed by atoms with E-state index in [4.69, 9.17) is 11.6 Å². The predicted molar refractivity (Wildman–Crippen MR) is 64.5 cm³/mol. The maximum Gasteiger partial charge on any atom is 0.229 e. The Morgan fingerprint density at radius 2 is 2.18 bits per heavy atom. The SMILES string of the molecule is CCc1nn(C)cc1-n1c(Cl)nnc1C1CC1. The largest absolute Gasteiger partial charge is 0.273 e. The highest BCUT2D eigenvalue weighted by molar-refractivity contribution is 6.28. The van der Waals surface area contributed by atoms with Gasteiger partial charge in [-0.3, -0.25) is 9.25 Å². The van der Waals surface area contributed by atoms with Crippen molar-refractivity contribution in [2.75, 3.05) is 0 Å². The van der Waals surface area contributed by atoms with Crippen molar-refractivity contribution in [3.8, 4) is 5.69 Å². The molecule has 90 valence electrons. The van der Waals surface area contributed by atoms with E-state index in [1.54, 1.807) is 4.68 Å². The van der Waals surface area contributed by atoms with Gasteiger partial charge >= 0.3 is 0 Å². The van der Waals surface area contributed by atoms with E-state index in [0.717, 1.165) is 23.6 Å². The third kappa shape index (κ3) is 1.74. The lowest BCUT2D eigenvalue weighted by Crippen LogP contribution is -2.02. The van der Waals surface area contributed by atoms with E-state index < -0.39 is 0 Å². The molecule has 0 N–H and O–H groups in total. The van der Waals surface area contributed by atoms with Crippen LogP contribution in [0, 0.1) is 0 Å². The molecule has 0 unspecified atom stereocenters. The summed E-state index contributed by atoms with van der Waals surface area (Å²) in [7, 11) is 1.91. The molecule has 3 rings (SSSR count). The summed E-state index contributed by atoms with van der Waals surface area (Å²) in [6, 6.07) is 0. The Morgan fingerprint density at radius 3 is 2.82 bits per heavy atom. The Morgan fingerprint density at radius 1 is 1.41 bits per heavy atom. The molecule has 0 amide bonds. The van der Waals surface area contributed by atoms with Crippen molar-refractivity contribution in [1.82, 2.24) is 24.5 Å². The Kier molecular flexibility index (Phi) is 2.43. The molecule has 2 aromatic heterocycles. The minimum absolute atomic E-state index is 0.426. The Hall–Kier alpha value is -1.36. The minimum atomic E-state index is 0.426. The second-order valence-electron chi connectivity index (χ2n) is 4.43. The lowest BCUT2D eigenvalue weighted by Gasteiger charge is -2.05. The van der Waals surface area contributed by atoms with Crippen LogP contribution >= 0.6 is 11.6 Å². The van der Waals surface area contributed by atoms with Gasteiger partial charge in [-0.15, -0.1) is 10.2 Å². The normalized spacial score (nSPS) is 15.5. The molecular weight excluding hydrogens is 238 g/mol. The quantitative estimate of drug-likeness (QED) is 0.839. The van der Waals surface area contributed by atoms with Crippen LogP contribution in [0.25, 0.3) is 5.69 Å². The maximum absolute atomic E-state index is 6.14. The zero-order chi connectivity index (χ0) is 12.0. The standard InChI is InChI=1S/C11H14ClN5/c1-3-8-9(6-16(2)15-8)17-10(7-4-5-7)13-14-11(17)12/h6-7H,3-5H2,1-2H3. The van der Waals surface area contributed by atoms with E-state index in [9.17, 15) is 0 Å². The molecule has 1 aliphatic carbocycles. The maximum atomic E-state index is 6.14. The van der Waals surface area contributed by atoms with E-state index in [-0.39, 0.29) is 0 Å².